The maximum Gasteiger partial charge on any atom is 0.243 e. The average Bonchev–Trinajstić information content (AvgIpc) is 3.35. The van der Waals surface area contributed by atoms with Crippen LogP contribution in [0.25, 0.3) is 0 Å². The molecule has 6 aliphatic rings. The lowest BCUT2D eigenvalue weighted by Crippen LogP contribution is -2.51. The molecular formula is C61H106N10O2. The van der Waals surface area contributed by atoms with Crippen LogP contribution in [0.3, 0.4) is 0 Å². The lowest BCUT2D eigenvalue weighted by molar-refractivity contribution is -0.145. The van der Waals surface area contributed by atoms with Gasteiger partial charge < -0.3 is 20.0 Å². The molecule has 0 radical (unpaired) electrons. The van der Waals surface area contributed by atoms with E-state index in [0.29, 0.717) is 46.8 Å². The Morgan fingerprint density at radius 1 is 0.658 bits per heavy atom. The zero-order valence-corrected chi connectivity index (χ0v) is 49.0. The van der Waals surface area contributed by atoms with Crippen molar-refractivity contribution in [2.75, 3.05) is 72.0 Å². The summed E-state index contributed by atoms with van der Waals surface area (Å²) in [5.74, 6) is 7.34. The predicted molar refractivity (Wildman–Crippen MR) is 298 cm³/mol. The molecule has 5 saturated heterocycles. The summed E-state index contributed by atoms with van der Waals surface area (Å²) in [7, 11) is 0. The average molecular weight is 1010 g/mol. The number of rotatable bonds is 11. The Hall–Kier alpha value is -3.63. The Balaban J connectivity index is 0.000000243. The van der Waals surface area contributed by atoms with E-state index in [9.17, 15) is 14.9 Å². The minimum Gasteiger partial charge on any atom is -0.342 e. The van der Waals surface area contributed by atoms with Crippen LogP contribution in [0.5, 0.6) is 0 Å². The van der Waals surface area contributed by atoms with Gasteiger partial charge in [-0.1, -0.05) is 96.9 Å². The first-order valence-electron chi connectivity index (χ1n) is 29.2. The van der Waals surface area contributed by atoms with Gasteiger partial charge in [-0.05, 0) is 173 Å². The number of nitrogens with zero attached hydrogens (tertiary/aromatic N) is 9. The highest BCUT2D eigenvalue weighted by molar-refractivity contribution is 5.86. The van der Waals surface area contributed by atoms with Crippen LogP contribution in [0, 0.1) is 109 Å². The zero-order chi connectivity index (χ0) is 54.4. The van der Waals surface area contributed by atoms with Gasteiger partial charge >= 0.3 is 0 Å². The number of aromatic nitrogens is 2. The van der Waals surface area contributed by atoms with E-state index in [1.165, 1.54) is 83.4 Å². The van der Waals surface area contributed by atoms with Gasteiger partial charge in [0.15, 0.2) is 0 Å². The van der Waals surface area contributed by atoms with E-state index in [4.69, 9.17) is 10.5 Å². The topological polar surface area (TPSA) is 156 Å². The van der Waals surface area contributed by atoms with Crippen LogP contribution in [0.1, 0.15) is 186 Å². The van der Waals surface area contributed by atoms with Gasteiger partial charge in [0.05, 0.1) is 18.2 Å². The Bertz CT molecular complexity index is 1860. The predicted octanol–water partition coefficient (Wildman–Crippen LogP) is 11.9. The molecule has 0 bridgehead atoms. The van der Waals surface area contributed by atoms with Gasteiger partial charge in [0, 0.05) is 70.2 Å². The molecule has 1 saturated carbocycles. The summed E-state index contributed by atoms with van der Waals surface area (Å²) in [5, 5.41) is 29.6. The lowest BCUT2D eigenvalue weighted by atomic mass is 9.68. The van der Waals surface area contributed by atoms with E-state index in [-0.39, 0.29) is 18.2 Å². The van der Waals surface area contributed by atoms with Crippen molar-refractivity contribution in [1.82, 2.24) is 34.9 Å². The Morgan fingerprint density at radius 3 is 1.74 bits per heavy atom. The van der Waals surface area contributed by atoms with Crippen molar-refractivity contribution < 1.29 is 9.59 Å². The molecule has 1 aromatic rings. The summed E-state index contributed by atoms with van der Waals surface area (Å²) in [5.41, 5.74) is 1.72. The third kappa shape index (κ3) is 20.1. The molecule has 1 aliphatic carbocycles. The number of nitriles is 3. The summed E-state index contributed by atoms with van der Waals surface area (Å²) in [6.07, 6.45) is 18.7. The molecule has 12 heteroatoms. The molecule has 2 amide bonds. The summed E-state index contributed by atoms with van der Waals surface area (Å²) < 4.78 is 0. The van der Waals surface area contributed by atoms with E-state index >= 15 is 0 Å². The van der Waals surface area contributed by atoms with Crippen molar-refractivity contribution in [2.24, 2.45) is 75.4 Å². The van der Waals surface area contributed by atoms with Gasteiger partial charge in [-0.15, -0.1) is 0 Å². The van der Waals surface area contributed by atoms with Crippen LogP contribution in [0.4, 0.5) is 0 Å². The molecule has 5 aliphatic heterocycles. The molecule has 0 aromatic carbocycles. The van der Waals surface area contributed by atoms with Crippen molar-refractivity contribution in [1.29, 1.82) is 15.8 Å². The second kappa shape index (κ2) is 31.4. The van der Waals surface area contributed by atoms with Crippen molar-refractivity contribution in [3.63, 3.8) is 0 Å². The van der Waals surface area contributed by atoms with Gasteiger partial charge in [0.25, 0.3) is 0 Å². The van der Waals surface area contributed by atoms with Gasteiger partial charge in [0.2, 0.25) is 11.8 Å². The third-order valence-corrected chi connectivity index (χ3v) is 19.0. The van der Waals surface area contributed by atoms with Gasteiger partial charge in [0.1, 0.15) is 18.2 Å². The zero-order valence-electron chi connectivity index (χ0n) is 49.0. The summed E-state index contributed by atoms with van der Waals surface area (Å²) in [6, 6.07) is 6.42. The quantitative estimate of drug-likeness (QED) is 0.226. The molecule has 12 nitrogen and oxygen atoms in total. The molecule has 0 spiro atoms. The molecule has 1 N–H and O–H groups in total. The highest BCUT2D eigenvalue weighted by atomic mass is 16.2. The van der Waals surface area contributed by atoms with Gasteiger partial charge in [-0.3, -0.25) is 14.5 Å². The molecule has 5 atom stereocenters. The molecule has 1 aromatic heterocycles. The fourth-order valence-electron chi connectivity index (χ4n) is 12.0. The number of piperidine rings is 5. The molecule has 412 valence electrons. The normalized spacial score (nSPS) is 25.7. The van der Waals surface area contributed by atoms with Gasteiger partial charge in [-0.2, -0.15) is 15.8 Å². The lowest BCUT2D eigenvalue weighted by Gasteiger charge is -2.42. The fraction of sp³-hybridized carbons (Fsp3) is 0.852. The number of carbonyl (C=O) groups excluding carboxylic acids is 2. The number of hydrogen-bond donors (Lipinski definition) is 1. The van der Waals surface area contributed by atoms with E-state index in [0.717, 1.165) is 101 Å². The molecule has 6 heterocycles. The number of nitrogens with one attached hydrogen (secondary N) is 1. The number of amides is 2. The van der Waals surface area contributed by atoms with E-state index < -0.39 is 5.41 Å². The van der Waals surface area contributed by atoms with Crippen molar-refractivity contribution in [2.45, 2.75) is 187 Å². The first kappa shape index (κ1) is 63.7. The largest absolute Gasteiger partial charge is 0.342 e. The van der Waals surface area contributed by atoms with Crippen LogP contribution in [0.2, 0.25) is 0 Å². The molecule has 4 unspecified atom stereocenters. The van der Waals surface area contributed by atoms with Crippen molar-refractivity contribution in [3.8, 4) is 18.2 Å². The Kier molecular flexibility index (Phi) is 27.4. The highest BCUT2D eigenvalue weighted by Crippen LogP contribution is 2.43. The van der Waals surface area contributed by atoms with E-state index in [2.05, 4.69) is 134 Å². The minimum absolute atomic E-state index is 0.00458. The number of carbonyl (C=O) groups is 2. The van der Waals surface area contributed by atoms with E-state index in [1.54, 1.807) is 6.33 Å². The molecular weight excluding hydrogens is 905 g/mol. The monoisotopic (exact) mass is 1010 g/mol. The van der Waals surface area contributed by atoms with Crippen LogP contribution >= 0.6 is 0 Å². The third-order valence-electron chi connectivity index (χ3n) is 19.0. The summed E-state index contributed by atoms with van der Waals surface area (Å²) in [4.78, 5) is 40.9. The SMILES string of the molecule is CC(C)C1(C)CCN(Cc2cncnc2)CC1.CC(C)C1(C)CCNCC1.CC(C)C1CCN(CCC#N)CC1C.CC(C)C1CN(C(=O)CC#N)CCC1C.CC(C)[C@@H]1CCCN(C(=O)C2(C#N)CCC2)C1. The number of likely N-dealkylation sites (tertiary alicyclic amines) is 4. The molecule has 7 rings (SSSR count). The van der Waals surface area contributed by atoms with Crippen molar-refractivity contribution in [3.05, 3.63) is 24.3 Å². The van der Waals surface area contributed by atoms with E-state index in [1.807, 2.05) is 28.3 Å². The first-order chi connectivity index (χ1) is 34.5. The van der Waals surface area contributed by atoms with Crippen LogP contribution in [0.15, 0.2) is 18.7 Å². The second-order valence-electron chi connectivity index (χ2n) is 25.6. The maximum atomic E-state index is 12.4. The van der Waals surface area contributed by atoms with Crippen LogP contribution < -0.4 is 5.32 Å². The van der Waals surface area contributed by atoms with Crippen LogP contribution in [-0.2, 0) is 16.1 Å². The summed E-state index contributed by atoms with van der Waals surface area (Å²) in [6.45, 7) is 44.9. The smallest absolute Gasteiger partial charge is 0.243 e. The molecule has 73 heavy (non-hydrogen) atoms. The van der Waals surface area contributed by atoms with Crippen molar-refractivity contribution >= 4 is 11.8 Å². The second-order valence-corrected chi connectivity index (χ2v) is 25.6. The fourth-order valence-corrected chi connectivity index (χ4v) is 12.0. The maximum absolute atomic E-state index is 12.4. The number of hydrogen-bond acceptors (Lipinski definition) is 10. The standard InChI is InChI=1S/C14H23N3.C14H22N2O.C12H20N2O.C12H22N2.C9H19N/c1-12(2)14(3)4-6-17(7-5-14)10-13-8-15-11-16-9-13;1-11(2)12-5-3-8-16(9-12)13(17)14(10-15)6-4-7-14;1-9(2)11-8-14(7-5-10(11)3)12(15)4-6-13;1-10(2)12-5-8-14(7-4-6-13)9-11(12)3;1-8(2)9(3)4-6-10-7-5-9/h8-9,11-12H,4-7,10H2,1-3H3;11-12H,3-9H2,1-2H3;9-11H,4-5,7-8H2,1-3H3;10-12H,4-5,7-9H2,1-3H3;8,10H,4-7H2,1-3H3/t;12-;;;/m.1.../s1. The Morgan fingerprint density at radius 2 is 1.26 bits per heavy atom. The Labute approximate surface area is 447 Å². The van der Waals surface area contributed by atoms with Crippen LogP contribution in [-0.4, -0.2) is 113 Å². The van der Waals surface area contributed by atoms with Gasteiger partial charge in [-0.25, -0.2) is 9.97 Å². The molecule has 6 fully saturated rings. The highest BCUT2D eigenvalue weighted by Gasteiger charge is 2.47. The first-order valence-corrected chi connectivity index (χ1v) is 29.2. The minimum atomic E-state index is -0.654. The summed E-state index contributed by atoms with van der Waals surface area (Å²) >= 11 is 0.